The van der Waals surface area contributed by atoms with E-state index in [1.54, 1.807) is 26.6 Å². The number of rotatable bonds is 15. The first-order valence-corrected chi connectivity index (χ1v) is 13.9. The Morgan fingerprint density at radius 3 is 2.46 bits per heavy atom. The number of azo groups is 1. The molecule has 4 aromatic rings. The molecular weight excluding hydrogens is 542 g/mol. The highest BCUT2D eigenvalue weighted by Gasteiger charge is 2.18. The van der Waals surface area contributed by atoms with Crippen molar-refractivity contribution in [3.05, 3.63) is 52.7 Å². The summed E-state index contributed by atoms with van der Waals surface area (Å²) in [6.07, 6.45) is 4.79. The second kappa shape index (κ2) is 14.8. The summed E-state index contributed by atoms with van der Waals surface area (Å²) in [5.74, 6) is 1.50. The molecule has 0 saturated carbocycles. The predicted molar refractivity (Wildman–Crippen MR) is 159 cm³/mol. The SMILES string of the molecule is COCCCNc1nc(NCCCOC)c(N=Nc2nn(-c3nccs3)cc2C#N)c(Nc2ccc(C)cc2C)n1. The average molecular weight is 576 g/mol. The van der Waals surface area contributed by atoms with E-state index in [4.69, 9.17) is 19.4 Å². The number of aryl methyl sites for hydroxylation is 2. The molecule has 0 aliphatic carbocycles. The number of benzene rings is 1. The van der Waals surface area contributed by atoms with E-state index in [1.165, 1.54) is 16.0 Å². The molecule has 13 nitrogen and oxygen atoms in total. The Bertz CT molecular complexity index is 1500. The molecule has 0 aliphatic heterocycles. The molecule has 0 fully saturated rings. The number of ether oxygens (including phenoxy) is 2. The number of nitrogens with one attached hydrogen (secondary N) is 3. The van der Waals surface area contributed by atoms with Crippen LogP contribution in [0.1, 0.15) is 29.5 Å². The van der Waals surface area contributed by atoms with E-state index in [2.05, 4.69) is 48.4 Å². The molecule has 3 aromatic heterocycles. The highest BCUT2D eigenvalue weighted by molar-refractivity contribution is 7.12. The van der Waals surface area contributed by atoms with Crippen LogP contribution in [-0.2, 0) is 9.47 Å². The Morgan fingerprint density at radius 1 is 1.02 bits per heavy atom. The van der Waals surface area contributed by atoms with E-state index in [9.17, 15) is 5.26 Å². The maximum atomic E-state index is 9.71. The number of anilines is 4. The van der Waals surface area contributed by atoms with Gasteiger partial charge in [-0.15, -0.1) is 26.7 Å². The molecule has 0 unspecified atom stereocenters. The molecule has 14 heteroatoms. The smallest absolute Gasteiger partial charge is 0.226 e. The molecule has 0 atom stereocenters. The fraction of sp³-hybridized carbons (Fsp3) is 0.370. The Balaban J connectivity index is 1.75. The van der Waals surface area contributed by atoms with Crippen molar-refractivity contribution in [3.63, 3.8) is 0 Å². The van der Waals surface area contributed by atoms with Crippen LogP contribution in [0.25, 0.3) is 5.13 Å². The first-order valence-electron chi connectivity index (χ1n) is 13.1. The van der Waals surface area contributed by atoms with Crippen LogP contribution in [0.3, 0.4) is 0 Å². The molecular formula is C27H33N11O2S. The van der Waals surface area contributed by atoms with Crippen molar-refractivity contribution < 1.29 is 9.47 Å². The third-order valence-electron chi connectivity index (χ3n) is 5.82. The van der Waals surface area contributed by atoms with E-state index in [0.717, 1.165) is 29.7 Å². The van der Waals surface area contributed by atoms with E-state index < -0.39 is 0 Å². The maximum Gasteiger partial charge on any atom is 0.226 e. The molecule has 0 aliphatic rings. The lowest BCUT2D eigenvalue weighted by molar-refractivity contribution is 0.197. The van der Waals surface area contributed by atoms with Gasteiger partial charge in [0.05, 0.1) is 6.20 Å². The fourth-order valence-electron chi connectivity index (χ4n) is 3.80. The number of aromatic nitrogens is 5. The molecule has 3 heterocycles. The molecule has 0 bridgehead atoms. The first kappa shape index (κ1) is 29.5. The van der Waals surface area contributed by atoms with Gasteiger partial charge in [0.2, 0.25) is 16.9 Å². The third-order valence-corrected chi connectivity index (χ3v) is 6.58. The van der Waals surface area contributed by atoms with Crippen molar-refractivity contribution >= 4 is 46.1 Å². The minimum atomic E-state index is 0.160. The molecule has 214 valence electrons. The molecule has 0 amide bonds. The fourth-order valence-corrected chi connectivity index (χ4v) is 4.37. The van der Waals surface area contributed by atoms with Crippen molar-refractivity contribution in [2.45, 2.75) is 26.7 Å². The minimum absolute atomic E-state index is 0.160. The van der Waals surface area contributed by atoms with E-state index >= 15 is 0 Å². The minimum Gasteiger partial charge on any atom is -0.385 e. The van der Waals surface area contributed by atoms with E-state index in [0.29, 0.717) is 54.7 Å². The number of hydrogen-bond donors (Lipinski definition) is 3. The highest BCUT2D eigenvalue weighted by Crippen LogP contribution is 2.36. The van der Waals surface area contributed by atoms with Gasteiger partial charge in [-0.05, 0) is 38.3 Å². The van der Waals surface area contributed by atoms with Crippen LogP contribution < -0.4 is 16.0 Å². The largest absolute Gasteiger partial charge is 0.385 e. The predicted octanol–water partition coefficient (Wildman–Crippen LogP) is 5.66. The Labute approximate surface area is 242 Å². The monoisotopic (exact) mass is 575 g/mol. The summed E-state index contributed by atoms with van der Waals surface area (Å²) in [6.45, 7) is 6.48. The van der Waals surface area contributed by atoms with Crippen LogP contribution in [-0.4, -0.2) is 65.3 Å². The Hall–Kier alpha value is -4.45. The van der Waals surface area contributed by atoms with Crippen LogP contribution in [0.15, 0.2) is 46.2 Å². The van der Waals surface area contributed by atoms with Crippen molar-refractivity contribution in [1.29, 1.82) is 5.26 Å². The second-order valence-electron chi connectivity index (χ2n) is 9.02. The lowest BCUT2D eigenvalue weighted by atomic mass is 10.1. The average Bonchev–Trinajstić information content (AvgIpc) is 3.65. The maximum absolute atomic E-state index is 9.71. The normalized spacial score (nSPS) is 11.1. The Kier molecular flexibility index (Phi) is 10.7. The van der Waals surface area contributed by atoms with E-state index in [1.807, 2.05) is 31.4 Å². The number of nitrogens with zero attached hydrogens (tertiary/aromatic N) is 8. The van der Waals surface area contributed by atoms with Crippen LogP contribution in [0, 0.1) is 25.2 Å². The zero-order chi connectivity index (χ0) is 29.0. The van der Waals surface area contributed by atoms with Crippen LogP contribution >= 0.6 is 11.3 Å². The van der Waals surface area contributed by atoms with Gasteiger partial charge >= 0.3 is 0 Å². The number of methoxy groups -OCH3 is 2. The lowest BCUT2D eigenvalue weighted by Gasteiger charge is -2.16. The van der Waals surface area contributed by atoms with Gasteiger partial charge in [0.15, 0.2) is 17.3 Å². The topological polar surface area (TPSA) is 160 Å². The van der Waals surface area contributed by atoms with Gasteiger partial charge in [0.1, 0.15) is 11.6 Å². The lowest BCUT2D eigenvalue weighted by Crippen LogP contribution is -2.12. The zero-order valence-electron chi connectivity index (χ0n) is 23.5. The highest BCUT2D eigenvalue weighted by atomic mass is 32.1. The van der Waals surface area contributed by atoms with Crippen LogP contribution in [0.5, 0.6) is 0 Å². The third kappa shape index (κ3) is 8.04. The molecule has 4 rings (SSSR count). The summed E-state index contributed by atoms with van der Waals surface area (Å²) in [5.41, 5.74) is 3.70. The van der Waals surface area contributed by atoms with Gasteiger partial charge in [-0.2, -0.15) is 15.2 Å². The second-order valence-corrected chi connectivity index (χ2v) is 9.89. The quantitative estimate of drug-likeness (QED) is 0.119. The molecule has 1 aromatic carbocycles. The van der Waals surface area contributed by atoms with Gasteiger partial charge in [-0.1, -0.05) is 17.7 Å². The summed E-state index contributed by atoms with van der Waals surface area (Å²) in [6, 6.07) is 8.23. The number of thiazole rings is 1. The summed E-state index contributed by atoms with van der Waals surface area (Å²) in [5, 5.41) is 35.5. The summed E-state index contributed by atoms with van der Waals surface area (Å²) in [4.78, 5) is 13.7. The van der Waals surface area contributed by atoms with Gasteiger partial charge in [-0.3, -0.25) is 0 Å². The zero-order valence-corrected chi connectivity index (χ0v) is 24.3. The standard InChI is InChI=1S/C27H33N11O2S/c1-18-7-8-21(19(2)15-18)32-25-22(35-36-23-20(16-28)17-38(37-23)27-31-11-14-41-27)24(29-9-5-12-39-3)33-26(34-25)30-10-6-13-40-4/h7-8,11,14-15,17H,5-6,9-10,12-13H2,1-4H3,(H3,29,30,32,33,34). The molecule has 0 saturated heterocycles. The summed E-state index contributed by atoms with van der Waals surface area (Å²) >= 11 is 1.40. The molecule has 41 heavy (non-hydrogen) atoms. The van der Waals surface area contributed by atoms with Crippen molar-refractivity contribution in [3.8, 4) is 11.2 Å². The van der Waals surface area contributed by atoms with Crippen LogP contribution in [0.4, 0.5) is 34.8 Å². The summed E-state index contributed by atoms with van der Waals surface area (Å²) < 4.78 is 11.9. The van der Waals surface area contributed by atoms with Gasteiger partial charge in [0, 0.05) is 57.8 Å². The van der Waals surface area contributed by atoms with Gasteiger partial charge in [0.25, 0.3) is 0 Å². The van der Waals surface area contributed by atoms with Crippen LogP contribution in [0.2, 0.25) is 0 Å². The molecule has 3 N–H and O–H groups in total. The van der Waals surface area contributed by atoms with Crippen molar-refractivity contribution in [1.82, 2.24) is 24.7 Å². The van der Waals surface area contributed by atoms with Gasteiger partial charge in [-0.25, -0.2) is 9.67 Å². The van der Waals surface area contributed by atoms with Gasteiger partial charge < -0.3 is 25.4 Å². The van der Waals surface area contributed by atoms with Crippen molar-refractivity contribution in [2.24, 2.45) is 10.2 Å². The summed E-state index contributed by atoms with van der Waals surface area (Å²) in [7, 11) is 3.33. The molecule has 0 radical (unpaired) electrons. The molecule has 0 spiro atoms. The Morgan fingerprint density at radius 2 is 1.78 bits per heavy atom. The van der Waals surface area contributed by atoms with Crippen molar-refractivity contribution in [2.75, 3.05) is 56.5 Å². The van der Waals surface area contributed by atoms with E-state index in [-0.39, 0.29) is 11.4 Å². The number of hydrogen-bond acceptors (Lipinski definition) is 13. The first-order chi connectivity index (χ1) is 20.0. The number of nitriles is 1.